The largest absolute Gasteiger partial charge is 4.00 e. The molecule has 0 bridgehead atoms. The molecule has 0 spiro atoms. The molecule has 0 aliphatic rings. The summed E-state index contributed by atoms with van der Waals surface area (Å²) >= 11 is -8.38. The van der Waals surface area contributed by atoms with Crippen LogP contribution in [0.15, 0.2) is 24.3 Å². The van der Waals surface area contributed by atoms with Gasteiger partial charge in [0.15, 0.2) is 0 Å². The Bertz CT molecular complexity index is 380. The summed E-state index contributed by atoms with van der Waals surface area (Å²) in [6, 6.07) is 1.90. The van der Waals surface area contributed by atoms with Crippen molar-refractivity contribution in [2.24, 2.45) is 0 Å². The Labute approximate surface area is 160 Å². The van der Waals surface area contributed by atoms with Crippen LogP contribution in [-0.4, -0.2) is 49.4 Å². The van der Waals surface area contributed by atoms with Crippen molar-refractivity contribution < 1.29 is 65.7 Å². The first-order chi connectivity index (χ1) is 10.9. The molecule has 0 saturated heterocycles. The van der Waals surface area contributed by atoms with Crippen LogP contribution in [0.5, 0.6) is 0 Å². The maximum Gasteiger partial charge on any atom is 4.00 e. The van der Waals surface area contributed by atoms with Crippen molar-refractivity contribution in [3.63, 3.8) is 0 Å². The minimum Gasteiger partial charge on any atom is 4.00 e. The van der Waals surface area contributed by atoms with E-state index < -0.39 is 32.7 Å². The summed E-state index contributed by atoms with van der Waals surface area (Å²) in [6.07, 6.45) is 0. The molecule has 25 heavy (non-hydrogen) atoms. The van der Waals surface area contributed by atoms with E-state index in [0.29, 0.717) is 0 Å². The molecule has 0 atom stereocenters. The second kappa shape index (κ2) is 13.2. The Balaban J connectivity index is -0.000000284. The standard InChI is InChI=1S/C8H4F9Ge.3CH4N.Zr/c9-6(10,11)18(7(12,13)14,8(15,16)17)5-3-1-2-4-5;3*1-2;/h1-4H;3*2H,1H3;/q4*-1;+4. The van der Waals surface area contributed by atoms with E-state index in [-0.39, 0.29) is 38.3 Å². The molecule has 0 fully saturated rings. The Morgan fingerprint density at radius 2 is 0.800 bits per heavy atom. The van der Waals surface area contributed by atoms with Gasteiger partial charge in [0.1, 0.15) is 0 Å². The van der Waals surface area contributed by atoms with Gasteiger partial charge in [0.05, 0.1) is 0 Å². The SMILES string of the molecule is C[NH-].C[NH-].C[NH-].F[C](F)(F)[Ge]([c-]1cccc1)([C](F)(F)F)[C](F)(F)F.[Zr+4]. The fourth-order valence-electron chi connectivity index (χ4n) is 1.60. The van der Waals surface area contributed by atoms with Crippen LogP contribution in [0.3, 0.4) is 0 Å². The van der Waals surface area contributed by atoms with Gasteiger partial charge in [0, 0.05) is 0 Å². The van der Waals surface area contributed by atoms with Crippen molar-refractivity contribution in [2.45, 2.75) is 15.0 Å². The second-order valence-corrected chi connectivity index (χ2v) is 11.3. The first kappa shape index (κ1) is 32.7. The maximum atomic E-state index is 12.6. The maximum absolute atomic E-state index is 12.6. The molecule has 0 aliphatic heterocycles. The summed E-state index contributed by atoms with van der Waals surface area (Å²) in [5, 5.41) is -19.1. The summed E-state index contributed by atoms with van der Waals surface area (Å²) in [5.41, 5.74) is 17.2. The van der Waals surface area contributed by atoms with Crippen LogP contribution in [0.2, 0.25) is 0 Å². The summed E-state index contributed by atoms with van der Waals surface area (Å²) in [5.74, 6) is 0. The van der Waals surface area contributed by atoms with E-state index in [2.05, 4.69) is 0 Å². The molecule has 0 unspecified atom stereocenters. The molecule has 146 valence electrons. The van der Waals surface area contributed by atoms with Gasteiger partial charge in [0.25, 0.3) is 0 Å². The van der Waals surface area contributed by atoms with Gasteiger partial charge in [-0.1, -0.05) is 0 Å². The molecule has 0 amide bonds. The van der Waals surface area contributed by atoms with Crippen molar-refractivity contribution in [1.29, 1.82) is 0 Å². The zero-order valence-electron chi connectivity index (χ0n) is 13.2. The number of rotatable bonds is 1. The monoisotopic (exact) mass is 525 g/mol. The van der Waals surface area contributed by atoms with Crippen molar-refractivity contribution in [1.82, 2.24) is 0 Å². The number of hydrogen-bond donors (Lipinski definition) is 0. The van der Waals surface area contributed by atoms with Gasteiger partial charge in [-0.15, -0.1) is 0 Å². The molecular weight excluding hydrogens is 509 g/mol. The number of alkyl halides is 9. The smallest absolute Gasteiger partial charge is 4.00 e. The fourth-order valence-corrected chi connectivity index (χ4v) is 7.13. The molecular formula is C11H16F9GeN3Zr. The normalized spacial score (nSPS) is 11.5. The van der Waals surface area contributed by atoms with E-state index in [9.17, 15) is 39.5 Å². The topological polar surface area (TPSA) is 71.4 Å². The number of halogens is 9. The van der Waals surface area contributed by atoms with Crippen molar-refractivity contribution >= 4 is 17.7 Å². The predicted molar refractivity (Wildman–Crippen MR) is 76.3 cm³/mol. The van der Waals surface area contributed by atoms with Crippen LogP contribution in [-0.2, 0) is 26.2 Å². The summed E-state index contributed by atoms with van der Waals surface area (Å²) in [6.45, 7) is 0. The molecule has 1 aromatic rings. The summed E-state index contributed by atoms with van der Waals surface area (Å²) in [7, 11) is 3.75. The third kappa shape index (κ3) is 7.28. The molecule has 14 heteroatoms. The van der Waals surface area contributed by atoms with Gasteiger partial charge >= 0.3 is 123 Å². The van der Waals surface area contributed by atoms with Crippen LogP contribution < -0.4 is 4.40 Å². The molecule has 3 N–H and O–H groups in total. The minimum absolute atomic E-state index is 0. The second-order valence-electron chi connectivity index (χ2n) is 3.42. The van der Waals surface area contributed by atoms with Crippen LogP contribution in [0.25, 0.3) is 17.2 Å². The average Bonchev–Trinajstić information content (AvgIpc) is 2.95. The average molecular weight is 525 g/mol. The van der Waals surface area contributed by atoms with E-state index in [1.807, 2.05) is 0 Å². The van der Waals surface area contributed by atoms with Crippen molar-refractivity contribution in [3.8, 4) is 0 Å². The van der Waals surface area contributed by atoms with Gasteiger partial charge in [0.2, 0.25) is 0 Å². The Morgan fingerprint density at radius 1 is 0.600 bits per heavy atom. The van der Waals surface area contributed by atoms with E-state index in [0.717, 1.165) is 12.1 Å². The van der Waals surface area contributed by atoms with Gasteiger partial charge in [-0.2, -0.15) is 21.1 Å². The van der Waals surface area contributed by atoms with Crippen molar-refractivity contribution in [2.75, 3.05) is 21.1 Å². The molecule has 0 aliphatic carbocycles. The molecule has 0 heterocycles. The Kier molecular flexibility index (Phi) is 17.3. The third-order valence-corrected chi connectivity index (χ3v) is 10.2. The minimum atomic E-state index is -8.38. The predicted octanol–water partition coefficient (Wildman–Crippen LogP) is 5.37. The van der Waals surface area contributed by atoms with Gasteiger partial charge in [-0.3, -0.25) is 0 Å². The van der Waals surface area contributed by atoms with Gasteiger partial charge < -0.3 is 17.2 Å². The zero-order chi connectivity index (χ0) is 20.4. The van der Waals surface area contributed by atoms with Crippen LogP contribution >= 0.6 is 0 Å². The fraction of sp³-hybridized carbons (Fsp3) is 0.545. The summed E-state index contributed by atoms with van der Waals surface area (Å²) in [4.78, 5) is 0. The molecule has 3 nitrogen and oxygen atoms in total. The molecule has 0 radical (unpaired) electrons. The first-order valence-corrected chi connectivity index (χ1v) is 9.97. The van der Waals surface area contributed by atoms with Crippen molar-refractivity contribution in [3.05, 3.63) is 41.5 Å². The number of hydrogen-bond acceptors (Lipinski definition) is 0. The molecule has 0 aromatic heterocycles. The Hall–Kier alpha value is 0.0260. The van der Waals surface area contributed by atoms with Crippen LogP contribution in [0.4, 0.5) is 39.5 Å². The van der Waals surface area contributed by atoms with E-state index in [1.54, 1.807) is 0 Å². The molecule has 1 rings (SSSR count). The quantitative estimate of drug-likeness (QED) is 0.269. The number of nitrogens with one attached hydrogen (secondary N) is 3. The van der Waals surface area contributed by atoms with E-state index in [1.165, 1.54) is 21.1 Å². The zero-order valence-corrected chi connectivity index (χ0v) is 17.8. The van der Waals surface area contributed by atoms with E-state index in [4.69, 9.17) is 17.2 Å². The first-order valence-electron chi connectivity index (χ1n) is 5.78. The third-order valence-electron chi connectivity index (χ3n) is 2.37. The summed E-state index contributed by atoms with van der Waals surface area (Å²) < 4.78 is 111. The van der Waals surface area contributed by atoms with Gasteiger partial charge in [-0.25, -0.2) is 0 Å². The van der Waals surface area contributed by atoms with E-state index >= 15 is 0 Å². The Morgan fingerprint density at radius 3 is 0.960 bits per heavy atom. The van der Waals surface area contributed by atoms with Crippen LogP contribution in [0.1, 0.15) is 0 Å². The van der Waals surface area contributed by atoms with Crippen LogP contribution in [0, 0.1) is 0 Å². The molecule has 1 aromatic carbocycles. The molecule has 0 saturated carbocycles. The van der Waals surface area contributed by atoms with Gasteiger partial charge in [-0.05, 0) is 0 Å².